The normalized spacial score (nSPS) is 14.7. The van der Waals surface area contributed by atoms with E-state index in [4.69, 9.17) is 26.4 Å². The van der Waals surface area contributed by atoms with Crippen LogP contribution in [0.3, 0.4) is 0 Å². The van der Waals surface area contributed by atoms with Gasteiger partial charge in [0, 0.05) is 0 Å². The SMILES string of the molecule is COc1ccc(N2C(=O)/C(=C/c3ccc(OCc4cccc(F)c4)c(OC)c3)C(=O)NC2=S)cc1. The van der Waals surface area contributed by atoms with E-state index in [1.165, 1.54) is 30.2 Å². The third kappa shape index (κ3) is 5.30. The average Bonchev–Trinajstić information content (AvgIpc) is 2.86. The van der Waals surface area contributed by atoms with Gasteiger partial charge in [-0.2, -0.15) is 0 Å². The van der Waals surface area contributed by atoms with Gasteiger partial charge in [0.1, 0.15) is 23.7 Å². The van der Waals surface area contributed by atoms with Gasteiger partial charge in [-0.25, -0.2) is 4.39 Å². The Balaban J connectivity index is 1.58. The lowest BCUT2D eigenvalue weighted by molar-refractivity contribution is -0.122. The summed E-state index contributed by atoms with van der Waals surface area (Å²) in [5.41, 5.74) is 1.61. The van der Waals surface area contributed by atoms with Crippen LogP contribution in [0.5, 0.6) is 17.2 Å². The van der Waals surface area contributed by atoms with Crippen molar-refractivity contribution in [3.8, 4) is 17.2 Å². The molecule has 0 unspecified atom stereocenters. The lowest BCUT2D eigenvalue weighted by Gasteiger charge is -2.29. The largest absolute Gasteiger partial charge is 0.497 e. The topological polar surface area (TPSA) is 77.1 Å². The van der Waals surface area contributed by atoms with Crippen LogP contribution >= 0.6 is 12.2 Å². The fourth-order valence-corrected chi connectivity index (χ4v) is 3.75. The second-order valence-electron chi connectivity index (χ2n) is 7.48. The number of anilines is 1. The maximum Gasteiger partial charge on any atom is 0.270 e. The van der Waals surface area contributed by atoms with Crippen molar-refractivity contribution in [2.45, 2.75) is 6.61 Å². The Hall–Kier alpha value is -4.24. The molecule has 1 heterocycles. The third-order valence-corrected chi connectivity index (χ3v) is 5.50. The summed E-state index contributed by atoms with van der Waals surface area (Å²) in [5, 5.41) is 2.54. The number of amides is 2. The van der Waals surface area contributed by atoms with E-state index in [1.807, 2.05) is 0 Å². The molecule has 2 amide bonds. The van der Waals surface area contributed by atoms with Crippen LogP contribution in [0.1, 0.15) is 11.1 Å². The van der Waals surface area contributed by atoms with Gasteiger partial charge < -0.3 is 14.2 Å². The number of rotatable bonds is 7. The van der Waals surface area contributed by atoms with Gasteiger partial charge in [-0.1, -0.05) is 18.2 Å². The summed E-state index contributed by atoms with van der Waals surface area (Å²) in [5.74, 6) is -0.0693. The van der Waals surface area contributed by atoms with Crippen LogP contribution in [-0.4, -0.2) is 31.1 Å². The first kappa shape index (κ1) is 23.9. The van der Waals surface area contributed by atoms with E-state index in [2.05, 4.69) is 5.32 Å². The predicted molar refractivity (Wildman–Crippen MR) is 133 cm³/mol. The minimum atomic E-state index is -0.602. The summed E-state index contributed by atoms with van der Waals surface area (Å²) < 4.78 is 29.7. The molecule has 0 bridgehead atoms. The van der Waals surface area contributed by atoms with Crippen molar-refractivity contribution in [1.29, 1.82) is 0 Å². The molecule has 0 aliphatic carbocycles. The molecule has 178 valence electrons. The molecular weight excluding hydrogens is 471 g/mol. The van der Waals surface area contributed by atoms with Gasteiger partial charge in [0.05, 0.1) is 19.9 Å². The first-order chi connectivity index (χ1) is 16.9. The van der Waals surface area contributed by atoms with Crippen molar-refractivity contribution >= 4 is 40.9 Å². The smallest absolute Gasteiger partial charge is 0.270 e. The van der Waals surface area contributed by atoms with Crippen LogP contribution in [0.2, 0.25) is 0 Å². The molecule has 7 nitrogen and oxygen atoms in total. The van der Waals surface area contributed by atoms with Gasteiger partial charge in [0.2, 0.25) is 0 Å². The van der Waals surface area contributed by atoms with Crippen molar-refractivity contribution < 1.29 is 28.2 Å². The molecular formula is C26H21FN2O5S. The second kappa shape index (κ2) is 10.4. The Kier molecular flexibility index (Phi) is 7.07. The average molecular weight is 493 g/mol. The van der Waals surface area contributed by atoms with Gasteiger partial charge in [-0.05, 0) is 78.0 Å². The lowest BCUT2D eigenvalue weighted by atomic mass is 10.1. The molecule has 1 fully saturated rings. The fraction of sp³-hybridized carbons (Fsp3) is 0.115. The molecule has 3 aromatic carbocycles. The van der Waals surface area contributed by atoms with E-state index in [0.717, 1.165) is 0 Å². The predicted octanol–water partition coefficient (Wildman–Crippen LogP) is 4.25. The van der Waals surface area contributed by atoms with Crippen molar-refractivity contribution in [3.63, 3.8) is 0 Å². The number of nitrogens with one attached hydrogen (secondary N) is 1. The highest BCUT2D eigenvalue weighted by atomic mass is 32.1. The molecule has 1 saturated heterocycles. The molecule has 1 aliphatic rings. The maximum absolute atomic E-state index is 13.4. The number of thiocarbonyl (C=S) groups is 1. The van der Waals surface area contributed by atoms with Crippen LogP contribution in [0.25, 0.3) is 6.08 Å². The van der Waals surface area contributed by atoms with Crippen LogP contribution in [-0.2, 0) is 16.2 Å². The quantitative estimate of drug-likeness (QED) is 0.302. The number of hydrogen-bond donors (Lipinski definition) is 1. The Morgan fingerprint density at radius 2 is 1.74 bits per heavy atom. The molecule has 0 radical (unpaired) electrons. The number of carbonyl (C=O) groups is 2. The van der Waals surface area contributed by atoms with Gasteiger partial charge in [0.25, 0.3) is 11.8 Å². The summed E-state index contributed by atoms with van der Waals surface area (Å²) in [6.45, 7) is 0.143. The highest BCUT2D eigenvalue weighted by molar-refractivity contribution is 7.80. The van der Waals surface area contributed by atoms with E-state index < -0.39 is 11.8 Å². The van der Waals surface area contributed by atoms with Crippen LogP contribution < -0.4 is 24.4 Å². The number of methoxy groups -OCH3 is 2. The molecule has 0 aromatic heterocycles. The fourth-order valence-electron chi connectivity index (χ4n) is 3.47. The second-order valence-corrected chi connectivity index (χ2v) is 7.87. The number of benzene rings is 3. The van der Waals surface area contributed by atoms with Gasteiger partial charge >= 0.3 is 0 Å². The number of halogens is 1. The van der Waals surface area contributed by atoms with Gasteiger partial charge in [0.15, 0.2) is 16.6 Å². The van der Waals surface area contributed by atoms with Gasteiger partial charge in [-0.15, -0.1) is 0 Å². The molecule has 0 saturated carbocycles. The van der Waals surface area contributed by atoms with Crippen molar-refractivity contribution in [3.05, 3.63) is 89.2 Å². The molecule has 0 atom stereocenters. The highest BCUT2D eigenvalue weighted by Gasteiger charge is 2.34. The Labute approximate surface area is 206 Å². The van der Waals surface area contributed by atoms with Gasteiger partial charge in [-0.3, -0.25) is 19.8 Å². The van der Waals surface area contributed by atoms with Crippen molar-refractivity contribution in [2.24, 2.45) is 0 Å². The standard InChI is InChI=1S/C26H21FN2O5S/c1-32-20-9-7-19(8-10-20)29-25(31)21(24(30)28-26(29)35)13-16-6-11-22(23(14-16)33-2)34-15-17-4-3-5-18(27)12-17/h3-14H,15H2,1-2H3,(H,28,30,35)/b21-13+. The summed E-state index contributed by atoms with van der Waals surface area (Å²) in [6.07, 6.45) is 1.45. The van der Waals surface area contributed by atoms with Crippen LogP contribution in [0.15, 0.2) is 72.3 Å². The van der Waals surface area contributed by atoms with Crippen molar-refractivity contribution in [2.75, 3.05) is 19.1 Å². The number of carbonyl (C=O) groups excluding carboxylic acids is 2. The molecule has 3 aromatic rings. The summed E-state index contributed by atoms with van der Waals surface area (Å²) >= 11 is 5.23. The Morgan fingerprint density at radius 1 is 0.971 bits per heavy atom. The maximum atomic E-state index is 13.4. The molecule has 1 N–H and O–H groups in total. The first-order valence-electron chi connectivity index (χ1n) is 10.5. The minimum absolute atomic E-state index is 0.0130. The van der Waals surface area contributed by atoms with E-state index in [0.29, 0.717) is 34.1 Å². The third-order valence-electron chi connectivity index (χ3n) is 5.21. The van der Waals surface area contributed by atoms with E-state index in [-0.39, 0.29) is 23.1 Å². The summed E-state index contributed by atoms with van der Waals surface area (Å²) in [7, 11) is 3.02. The monoisotopic (exact) mass is 492 g/mol. The molecule has 35 heavy (non-hydrogen) atoms. The van der Waals surface area contributed by atoms with Crippen LogP contribution in [0, 0.1) is 5.82 Å². The Morgan fingerprint density at radius 3 is 2.43 bits per heavy atom. The van der Waals surface area contributed by atoms with E-state index >= 15 is 0 Å². The minimum Gasteiger partial charge on any atom is -0.497 e. The van der Waals surface area contributed by atoms with E-state index in [9.17, 15) is 14.0 Å². The summed E-state index contributed by atoms with van der Waals surface area (Å²) in [6, 6.07) is 17.8. The zero-order valence-corrected chi connectivity index (χ0v) is 19.7. The molecule has 4 rings (SSSR count). The van der Waals surface area contributed by atoms with E-state index in [1.54, 1.807) is 61.7 Å². The molecule has 9 heteroatoms. The highest BCUT2D eigenvalue weighted by Crippen LogP contribution is 2.31. The Bertz CT molecular complexity index is 1320. The zero-order chi connectivity index (χ0) is 24.9. The molecule has 1 aliphatic heterocycles. The first-order valence-corrected chi connectivity index (χ1v) is 10.9. The number of hydrogen-bond acceptors (Lipinski definition) is 6. The lowest BCUT2D eigenvalue weighted by Crippen LogP contribution is -2.54. The molecule has 0 spiro atoms. The number of ether oxygens (including phenoxy) is 3. The summed E-state index contributed by atoms with van der Waals surface area (Å²) in [4.78, 5) is 27.0. The number of nitrogens with zero attached hydrogens (tertiary/aromatic N) is 1. The van der Waals surface area contributed by atoms with Crippen LogP contribution in [0.4, 0.5) is 10.1 Å². The zero-order valence-electron chi connectivity index (χ0n) is 18.9. The van der Waals surface area contributed by atoms with Crippen molar-refractivity contribution in [1.82, 2.24) is 5.32 Å².